The molecule has 1 heterocycles. The Morgan fingerprint density at radius 2 is 2.15 bits per heavy atom. The lowest BCUT2D eigenvalue weighted by molar-refractivity contribution is 0.430. The molecule has 3 heteroatoms. The number of aromatic nitrogens is 2. The van der Waals surface area contributed by atoms with Gasteiger partial charge in [-0.1, -0.05) is 26.7 Å². The molecular weight excluding hydrogens is 164 g/mol. The van der Waals surface area contributed by atoms with Crippen molar-refractivity contribution >= 4 is 0 Å². The molecule has 0 radical (unpaired) electrons. The molecule has 1 aromatic rings. The molecule has 1 rings (SSSR count). The van der Waals surface area contributed by atoms with Crippen molar-refractivity contribution in [1.82, 2.24) is 9.78 Å². The molecule has 0 spiro atoms. The first-order valence-electron chi connectivity index (χ1n) is 5.03. The Labute approximate surface area is 79.4 Å². The largest absolute Gasteiger partial charge is 0.492 e. The van der Waals surface area contributed by atoms with Crippen molar-refractivity contribution in [3.8, 4) is 5.88 Å². The van der Waals surface area contributed by atoms with Crippen LogP contribution in [0.4, 0.5) is 0 Å². The van der Waals surface area contributed by atoms with E-state index in [1.807, 2.05) is 10.9 Å². The highest BCUT2D eigenvalue weighted by Crippen LogP contribution is 2.15. The van der Waals surface area contributed by atoms with Gasteiger partial charge in [0.25, 0.3) is 0 Å². The Morgan fingerprint density at radius 3 is 2.77 bits per heavy atom. The normalized spacial score (nSPS) is 10.6. The number of aromatic hydroxyl groups is 1. The van der Waals surface area contributed by atoms with E-state index in [0.29, 0.717) is 0 Å². The zero-order valence-electron chi connectivity index (χ0n) is 8.45. The van der Waals surface area contributed by atoms with Crippen molar-refractivity contribution in [3.63, 3.8) is 0 Å². The second-order valence-corrected chi connectivity index (χ2v) is 3.34. The van der Waals surface area contributed by atoms with Gasteiger partial charge in [-0.3, -0.25) is 4.68 Å². The Morgan fingerprint density at radius 1 is 1.38 bits per heavy atom. The zero-order chi connectivity index (χ0) is 9.68. The number of hydrogen-bond donors (Lipinski definition) is 1. The summed E-state index contributed by atoms with van der Waals surface area (Å²) in [6.07, 6.45) is 6.19. The Kier molecular flexibility index (Phi) is 3.80. The summed E-state index contributed by atoms with van der Waals surface area (Å²) in [7, 11) is 0. The quantitative estimate of drug-likeness (QED) is 0.759. The SMILES string of the molecule is CCCCn1cc(CCC)c(O)n1. The van der Waals surface area contributed by atoms with Crippen LogP contribution in [-0.4, -0.2) is 14.9 Å². The molecule has 0 atom stereocenters. The van der Waals surface area contributed by atoms with Crippen molar-refractivity contribution in [2.45, 2.75) is 46.1 Å². The van der Waals surface area contributed by atoms with E-state index in [9.17, 15) is 5.11 Å². The summed E-state index contributed by atoms with van der Waals surface area (Å²) in [5.74, 6) is 0.206. The zero-order valence-corrected chi connectivity index (χ0v) is 8.45. The predicted molar refractivity (Wildman–Crippen MR) is 52.8 cm³/mol. The Balaban J connectivity index is 2.59. The Bertz CT molecular complexity index is 255. The van der Waals surface area contributed by atoms with Crippen LogP contribution in [-0.2, 0) is 13.0 Å². The first kappa shape index (κ1) is 10.1. The van der Waals surface area contributed by atoms with Gasteiger partial charge in [0.2, 0.25) is 5.88 Å². The highest BCUT2D eigenvalue weighted by atomic mass is 16.3. The van der Waals surface area contributed by atoms with Crippen LogP contribution in [0.15, 0.2) is 6.20 Å². The molecule has 1 aromatic heterocycles. The van der Waals surface area contributed by atoms with Gasteiger partial charge in [-0.15, -0.1) is 5.10 Å². The molecule has 0 amide bonds. The van der Waals surface area contributed by atoms with Gasteiger partial charge in [-0.2, -0.15) is 0 Å². The summed E-state index contributed by atoms with van der Waals surface area (Å²) in [6, 6.07) is 0. The van der Waals surface area contributed by atoms with Crippen molar-refractivity contribution in [2.24, 2.45) is 0 Å². The summed E-state index contributed by atoms with van der Waals surface area (Å²) in [4.78, 5) is 0. The molecule has 0 aromatic carbocycles. The summed E-state index contributed by atoms with van der Waals surface area (Å²) in [5, 5.41) is 13.5. The second kappa shape index (κ2) is 4.90. The molecule has 74 valence electrons. The van der Waals surface area contributed by atoms with Gasteiger partial charge in [0, 0.05) is 18.3 Å². The smallest absolute Gasteiger partial charge is 0.233 e. The maximum absolute atomic E-state index is 9.43. The topological polar surface area (TPSA) is 38.0 Å². The van der Waals surface area contributed by atoms with Crippen LogP contribution in [0.5, 0.6) is 5.88 Å². The van der Waals surface area contributed by atoms with Crippen molar-refractivity contribution in [3.05, 3.63) is 11.8 Å². The van der Waals surface area contributed by atoms with Crippen LogP contribution in [0.25, 0.3) is 0 Å². The molecule has 3 nitrogen and oxygen atoms in total. The maximum Gasteiger partial charge on any atom is 0.233 e. The number of unbranched alkanes of at least 4 members (excludes halogenated alkanes) is 1. The summed E-state index contributed by atoms with van der Waals surface area (Å²) in [5.41, 5.74) is 0.971. The lowest BCUT2D eigenvalue weighted by Gasteiger charge is -1.96. The maximum atomic E-state index is 9.43. The highest BCUT2D eigenvalue weighted by Gasteiger charge is 2.05. The molecule has 0 unspecified atom stereocenters. The fourth-order valence-corrected chi connectivity index (χ4v) is 1.33. The van der Waals surface area contributed by atoms with Crippen molar-refractivity contribution in [1.29, 1.82) is 0 Å². The van der Waals surface area contributed by atoms with Crippen molar-refractivity contribution in [2.75, 3.05) is 0 Å². The van der Waals surface area contributed by atoms with Gasteiger partial charge in [0.05, 0.1) is 0 Å². The fourth-order valence-electron chi connectivity index (χ4n) is 1.33. The van der Waals surface area contributed by atoms with Gasteiger partial charge in [0.1, 0.15) is 0 Å². The van der Waals surface area contributed by atoms with E-state index in [4.69, 9.17) is 0 Å². The standard InChI is InChI=1S/C10H18N2O/c1-3-5-7-12-8-9(6-4-2)10(13)11-12/h8H,3-7H2,1-2H3,(H,11,13). The van der Waals surface area contributed by atoms with Crippen molar-refractivity contribution < 1.29 is 5.11 Å². The van der Waals surface area contributed by atoms with Crippen LogP contribution in [0.3, 0.4) is 0 Å². The fraction of sp³-hybridized carbons (Fsp3) is 0.700. The minimum atomic E-state index is 0.206. The molecule has 0 aliphatic carbocycles. The molecule has 0 aliphatic rings. The van der Waals surface area contributed by atoms with E-state index in [1.165, 1.54) is 0 Å². The minimum absolute atomic E-state index is 0.206. The van der Waals surface area contributed by atoms with Gasteiger partial charge in [0.15, 0.2) is 0 Å². The molecule has 0 saturated carbocycles. The summed E-state index contributed by atoms with van der Waals surface area (Å²) >= 11 is 0. The number of aryl methyl sites for hydroxylation is 2. The summed E-state index contributed by atoms with van der Waals surface area (Å²) in [6.45, 7) is 5.16. The second-order valence-electron chi connectivity index (χ2n) is 3.34. The third-order valence-electron chi connectivity index (χ3n) is 2.08. The number of hydrogen-bond acceptors (Lipinski definition) is 2. The highest BCUT2D eigenvalue weighted by molar-refractivity contribution is 5.21. The summed E-state index contributed by atoms with van der Waals surface area (Å²) < 4.78 is 1.84. The molecule has 0 saturated heterocycles. The van der Waals surface area contributed by atoms with Crippen LogP contribution >= 0.6 is 0 Å². The first-order chi connectivity index (χ1) is 6.27. The average molecular weight is 182 g/mol. The van der Waals surface area contributed by atoms with E-state index in [0.717, 1.165) is 37.8 Å². The van der Waals surface area contributed by atoms with E-state index < -0.39 is 0 Å². The van der Waals surface area contributed by atoms with Gasteiger partial charge >= 0.3 is 0 Å². The predicted octanol–water partition coefficient (Wildman–Crippen LogP) is 2.34. The van der Waals surface area contributed by atoms with Crippen LogP contribution in [0.1, 0.15) is 38.7 Å². The van der Waals surface area contributed by atoms with Gasteiger partial charge in [-0.05, 0) is 12.8 Å². The molecule has 0 aliphatic heterocycles. The first-order valence-corrected chi connectivity index (χ1v) is 5.03. The van der Waals surface area contributed by atoms with Crippen LogP contribution < -0.4 is 0 Å². The van der Waals surface area contributed by atoms with E-state index in [2.05, 4.69) is 18.9 Å². The van der Waals surface area contributed by atoms with Crippen LogP contribution in [0.2, 0.25) is 0 Å². The molecule has 13 heavy (non-hydrogen) atoms. The third kappa shape index (κ3) is 2.76. The van der Waals surface area contributed by atoms with E-state index in [-0.39, 0.29) is 5.88 Å². The van der Waals surface area contributed by atoms with Crippen LogP contribution in [0, 0.1) is 0 Å². The minimum Gasteiger partial charge on any atom is -0.492 e. The molecule has 0 fully saturated rings. The van der Waals surface area contributed by atoms with E-state index in [1.54, 1.807) is 0 Å². The average Bonchev–Trinajstić information content (AvgIpc) is 2.45. The third-order valence-corrected chi connectivity index (χ3v) is 2.08. The van der Waals surface area contributed by atoms with E-state index >= 15 is 0 Å². The van der Waals surface area contributed by atoms with Gasteiger partial charge < -0.3 is 5.11 Å². The number of nitrogens with zero attached hydrogens (tertiary/aromatic N) is 2. The van der Waals surface area contributed by atoms with Gasteiger partial charge in [-0.25, -0.2) is 0 Å². The lowest BCUT2D eigenvalue weighted by atomic mass is 10.2. The molecular formula is C10H18N2O. The monoisotopic (exact) mass is 182 g/mol. The molecule has 0 bridgehead atoms. The lowest BCUT2D eigenvalue weighted by Crippen LogP contribution is -1.97. The number of rotatable bonds is 5. The Hall–Kier alpha value is -0.990. The molecule has 1 N–H and O–H groups in total.